The van der Waals surface area contributed by atoms with E-state index in [1.54, 1.807) is 31.2 Å². The summed E-state index contributed by atoms with van der Waals surface area (Å²) >= 11 is 5.89. The molecule has 1 aromatic carbocycles. The second-order valence-electron chi connectivity index (χ2n) is 4.02. The Bertz CT molecular complexity index is 641. The number of ether oxygens (including phenoxy) is 1. The third-order valence-electron chi connectivity index (χ3n) is 2.50. The first kappa shape index (κ1) is 14.1. The Morgan fingerprint density at radius 3 is 2.60 bits per heavy atom. The van der Waals surface area contributed by atoms with E-state index in [9.17, 15) is 9.59 Å². The van der Waals surface area contributed by atoms with E-state index in [1.807, 2.05) is 0 Å². The Kier molecular flexibility index (Phi) is 4.42. The molecule has 0 bridgehead atoms. The molecule has 20 heavy (non-hydrogen) atoms. The highest BCUT2D eigenvalue weighted by Crippen LogP contribution is 2.15. The molecule has 0 spiro atoms. The monoisotopic (exact) mass is 290 g/mol. The Morgan fingerprint density at radius 1 is 1.20 bits per heavy atom. The minimum absolute atomic E-state index is 0.0579. The molecule has 0 N–H and O–H groups in total. The second kappa shape index (κ2) is 6.25. The third kappa shape index (κ3) is 3.39. The zero-order valence-corrected chi connectivity index (χ0v) is 11.4. The van der Waals surface area contributed by atoms with Crippen LogP contribution in [0.1, 0.15) is 26.5 Å². The number of carbonyl (C=O) groups is 2. The topological polar surface area (TPSA) is 69.2 Å². The van der Waals surface area contributed by atoms with E-state index in [0.717, 1.165) is 0 Å². The molecule has 0 aliphatic rings. The lowest BCUT2D eigenvalue weighted by molar-refractivity contribution is 0.0468. The highest BCUT2D eigenvalue weighted by Gasteiger charge is 2.14. The molecule has 0 saturated heterocycles. The third-order valence-corrected chi connectivity index (χ3v) is 2.83. The van der Waals surface area contributed by atoms with Crippen molar-refractivity contribution in [2.45, 2.75) is 6.92 Å². The summed E-state index contributed by atoms with van der Waals surface area (Å²) in [6.45, 7) is 1.36. The standard InChI is InChI=1S/C14H11ClN2O3/c1-9-6-17-12(7-16-9)14(19)20-8-13(18)10-4-2-3-5-11(10)15/h2-7H,8H2,1H3. The average Bonchev–Trinajstić information content (AvgIpc) is 2.45. The van der Waals surface area contributed by atoms with Crippen LogP contribution >= 0.6 is 11.6 Å². The lowest BCUT2D eigenvalue weighted by Crippen LogP contribution is -2.15. The van der Waals surface area contributed by atoms with Crippen LogP contribution in [0.15, 0.2) is 36.7 Å². The summed E-state index contributed by atoms with van der Waals surface area (Å²) in [6.07, 6.45) is 2.75. The molecule has 6 heteroatoms. The van der Waals surface area contributed by atoms with Crippen LogP contribution < -0.4 is 0 Å². The zero-order valence-electron chi connectivity index (χ0n) is 10.7. The normalized spacial score (nSPS) is 10.1. The van der Waals surface area contributed by atoms with Crippen LogP contribution in [-0.4, -0.2) is 28.3 Å². The lowest BCUT2D eigenvalue weighted by Gasteiger charge is -2.05. The van der Waals surface area contributed by atoms with Crippen molar-refractivity contribution in [2.24, 2.45) is 0 Å². The Labute approximate surface area is 120 Å². The van der Waals surface area contributed by atoms with Gasteiger partial charge in [0.2, 0.25) is 5.78 Å². The van der Waals surface area contributed by atoms with Gasteiger partial charge in [-0.25, -0.2) is 9.78 Å². The van der Waals surface area contributed by atoms with Gasteiger partial charge >= 0.3 is 5.97 Å². The van der Waals surface area contributed by atoms with Crippen molar-refractivity contribution in [3.05, 3.63) is 58.6 Å². The highest BCUT2D eigenvalue weighted by molar-refractivity contribution is 6.34. The highest BCUT2D eigenvalue weighted by atomic mass is 35.5. The first-order valence-electron chi connectivity index (χ1n) is 5.81. The number of hydrogen-bond acceptors (Lipinski definition) is 5. The fourth-order valence-electron chi connectivity index (χ4n) is 1.47. The summed E-state index contributed by atoms with van der Waals surface area (Å²) in [4.78, 5) is 31.3. The zero-order chi connectivity index (χ0) is 14.5. The van der Waals surface area contributed by atoms with Gasteiger partial charge in [0, 0.05) is 11.8 Å². The van der Waals surface area contributed by atoms with Crippen molar-refractivity contribution in [3.63, 3.8) is 0 Å². The number of ketones is 1. The molecule has 2 aromatic rings. The minimum atomic E-state index is -0.696. The molecule has 0 saturated carbocycles. The van der Waals surface area contributed by atoms with Gasteiger partial charge in [-0.1, -0.05) is 23.7 Å². The van der Waals surface area contributed by atoms with Crippen molar-refractivity contribution < 1.29 is 14.3 Å². The molecule has 0 aliphatic heterocycles. The SMILES string of the molecule is Cc1cnc(C(=O)OCC(=O)c2ccccc2Cl)cn1. The molecular weight excluding hydrogens is 280 g/mol. The summed E-state index contributed by atoms with van der Waals surface area (Å²) in [5.74, 6) is -1.07. The smallest absolute Gasteiger partial charge is 0.358 e. The van der Waals surface area contributed by atoms with Crippen molar-refractivity contribution >= 4 is 23.4 Å². The van der Waals surface area contributed by atoms with Crippen LogP contribution in [0.5, 0.6) is 0 Å². The van der Waals surface area contributed by atoms with Crippen LogP contribution in [0, 0.1) is 6.92 Å². The Balaban J connectivity index is 1.99. The summed E-state index contributed by atoms with van der Waals surface area (Å²) in [5, 5.41) is 0.323. The fourth-order valence-corrected chi connectivity index (χ4v) is 1.71. The van der Waals surface area contributed by atoms with Crippen LogP contribution in [-0.2, 0) is 4.74 Å². The summed E-state index contributed by atoms with van der Waals surface area (Å²) in [5.41, 5.74) is 1.06. The van der Waals surface area contributed by atoms with Gasteiger partial charge in [-0.2, -0.15) is 0 Å². The van der Waals surface area contributed by atoms with Gasteiger partial charge in [-0.15, -0.1) is 0 Å². The van der Waals surface area contributed by atoms with Crippen molar-refractivity contribution in [1.82, 2.24) is 9.97 Å². The number of Topliss-reactive ketones (excluding diaryl/α,β-unsaturated/α-hetero) is 1. The Hall–Kier alpha value is -2.27. The van der Waals surface area contributed by atoms with Gasteiger partial charge in [0.25, 0.3) is 0 Å². The molecule has 0 aliphatic carbocycles. The average molecular weight is 291 g/mol. The minimum Gasteiger partial charge on any atom is -0.453 e. The number of benzene rings is 1. The quantitative estimate of drug-likeness (QED) is 0.639. The van der Waals surface area contributed by atoms with Gasteiger partial charge in [-0.3, -0.25) is 9.78 Å². The van der Waals surface area contributed by atoms with Crippen LogP contribution in [0.3, 0.4) is 0 Å². The number of hydrogen-bond donors (Lipinski definition) is 0. The first-order chi connectivity index (χ1) is 9.58. The van der Waals surface area contributed by atoms with Crippen molar-refractivity contribution in [2.75, 3.05) is 6.61 Å². The summed E-state index contributed by atoms with van der Waals surface area (Å²) in [7, 11) is 0. The second-order valence-corrected chi connectivity index (χ2v) is 4.43. The van der Waals surface area contributed by atoms with E-state index in [1.165, 1.54) is 12.4 Å². The van der Waals surface area contributed by atoms with Crippen LogP contribution in [0.25, 0.3) is 0 Å². The predicted octanol–water partition coefficient (Wildman–Crippen LogP) is 2.48. The van der Waals surface area contributed by atoms with Crippen molar-refractivity contribution in [1.29, 1.82) is 0 Å². The molecule has 0 atom stereocenters. The van der Waals surface area contributed by atoms with Crippen LogP contribution in [0.4, 0.5) is 0 Å². The fraction of sp³-hybridized carbons (Fsp3) is 0.143. The molecule has 0 unspecified atom stereocenters. The maximum atomic E-state index is 11.9. The number of rotatable bonds is 4. The number of nitrogens with zero attached hydrogens (tertiary/aromatic N) is 2. The number of aryl methyl sites for hydroxylation is 1. The van der Waals surface area contributed by atoms with E-state index in [4.69, 9.17) is 16.3 Å². The molecule has 1 heterocycles. The maximum absolute atomic E-state index is 11.9. The van der Waals surface area contributed by atoms with Gasteiger partial charge in [0.1, 0.15) is 0 Å². The molecule has 102 valence electrons. The number of carbonyl (C=O) groups excluding carboxylic acids is 2. The lowest BCUT2D eigenvalue weighted by atomic mass is 10.1. The Morgan fingerprint density at radius 2 is 1.95 bits per heavy atom. The molecule has 1 aromatic heterocycles. The number of aromatic nitrogens is 2. The van der Waals surface area contributed by atoms with Gasteiger partial charge in [-0.05, 0) is 19.1 Å². The first-order valence-corrected chi connectivity index (χ1v) is 6.19. The van der Waals surface area contributed by atoms with Crippen molar-refractivity contribution in [3.8, 4) is 0 Å². The predicted molar refractivity (Wildman–Crippen MR) is 72.8 cm³/mol. The molecular formula is C14H11ClN2O3. The van der Waals surface area contributed by atoms with E-state index in [0.29, 0.717) is 16.3 Å². The van der Waals surface area contributed by atoms with E-state index >= 15 is 0 Å². The van der Waals surface area contributed by atoms with E-state index < -0.39 is 12.6 Å². The summed E-state index contributed by atoms with van der Waals surface area (Å²) in [6, 6.07) is 6.58. The number of esters is 1. The van der Waals surface area contributed by atoms with Gasteiger partial charge in [0.15, 0.2) is 12.3 Å². The molecule has 5 nitrogen and oxygen atoms in total. The molecule has 0 radical (unpaired) electrons. The maximum Gasteiger partial charge on any atom is 0.358 e. The largest absolute Gasteiger partial charge is 0.453 e. The molecule has 0 amide bonds. The van der Waals surface area contributed by atoms with E-state index in [2.05, 4.69) is 9.97 Å². The van der Waals surface area contributed by atoms with E-state index in [-0.39, 0.29) is 11.5 Å². The van der Waals surface area contributed by atoms with Gasteiger partial charge < -0.3 is 4.74 Å². The summed E-state index contributed by atoms with van der Waals surface area (Å²) < 4.78 is 4.89. The molecule has 2 rings (SSSR count). The molecule has 0 fully saturated rings. The van der Waals surface area contributed by atoms with Crippen LogP contribution in [0.2, 0.25) is 5.02 Å². The van der Waals surface area contributed by atoms with Gasteiger partial charge in [0.05, 0.1) is 16.9 Å². The number of halogens is 1.